The zero-order valence-corrected chi connectivity index (χ0v) is 13.8. The molecule has 126 valence electrons. The average Bonchev–Trinajstić information content (AvgIpc) is 3.21. The van der Waals surface area contributed by atoms with Crippen molar-refractivity contribution in [1.82, 2.24) is 15.8 Å². The monoisotopic (exact) mass is 319 g/mol. The van der Waals surface area contributed by atoms with E-state index in [-0.39, 0.29) is 18.7 Å². The van der Waals surface area contributed by atoms with Gasteiger partial charge in [-0.1, -0.05) is 19.4 Å². The minimum atomic E-state index is -0.138. The highest BCUT2D eigenvalue weighted by Gasteiger charge is 2.31. The predicted octanol–water partition coefficient (Wildman–Crippen LogP) is 1.80. The molecule has 2 aliphatic heterocycles. The third-order valence-corrected chi connectivity index (χ3v) is 4.42. The molecule has 3 rings (SSSR count). The molecule has 2 atom stereocenters. The highest BCUT2D eigenvalue weighted by molar-refractivity contribution is 5.82. The zero-order valence-electron chi connectivity index (χ0n) is 13.8. The largest absolute Gasteiger partial charge is 0.454 e. The van der Waals surface area contributed by atoms with Crippen LogP contribution in [0.4, 0.5) is 0 Å². The van der Waals surface area contributed by atoms with E-state index in [0.717, 1.165) is 36.3 Å². The van der Waals surface area contributed by atoms with Gasteiger partial charge in [0.2, 0.25) is 12.7 Å². The summed E-state index contributed by atoms with van der Waals surface area (Å²) in [5, 5.41) is 0. The molecule has 2 aliphatic rings. The fourth-order valence-corrected chi connectivity index (χ4v) is 3.15. The number of likely N-dealkylation sites (N-methyl/N-ethyl adjacent to an activating group) is 1. The molecule has 0 bridgehead atoms. The average molecular weight is 319 g/mol. The molecule has 2 unspecified atom stereocenters. The Labute approximate surface area is 137 Å². The summed E-state index contributed by atoms with van der Waals surface area (Å²) in [6, 6.07) is 6.10. The standard InChI is InChI=1S/C17H25N3O3/c1-3-5-13-9-14(19-18-13)17(21)20(4-2)10-12-6-7-15-16(8-12)23-11-22-15/h6-8,13-14,18-19H,3-5,9-11H2,1-2H3. The van der Waals surface area contributed by atoms with Crippen LogP contribution in [0.3, 0.4) is 0 Å². The van der Waals surface area contributed by atoms with Gasteiger partial charge in [-0.2, -0.15) is 0 Å². The maximum absolute atomic E-state index is 12.7. The van der Waals surface area contributed by atoms with E-state index < -0.39 is 0 Å². The Morgan fingerprint density at radius 3 is 2.87 bits per heavy atom. The van der Waals surface area contributed by atoms with Crippen molar-refractivity contribution in [3.63, 3.8) is 0 Å². The molecule has 0 aromatic heterocycles. The molecule has 2 heterocycles. The summed E-state index contributed by atoms with van der Waals surface area (Å²) >= 11 is 0. The van der Waals surface area contributed by atoms with Gasteiger partial charge in [-0.3, -0.25) is 10.2 Å². The van der Waals surface area contributed by atoms with Crippen LogP contribution in [-0.2, 0) is 11.3 Å². The number of hydrogen-bond donors (Lipinski definition) is 2. The first-order valence-corrected chi connectivity index (χ1v) is 8.39. The highest BCUT2D eigenvalue weighted by atomic mass is 16.7. The lowest BCUT2D eigenvalue weighted by molar-refractivity contribution is -0.133. The Kier molecular flexibility index (Phi) is 5.03. The number of benzene rings is 1. The van der Waals surface area contributed by atoms with Crippen molar-refractivity contribution < 1.29 is 14.3 Å². The first-order chi connectivity index (χ1) is 11.2. The fraction of sp³-hybridized carbons (Fsp3) is 0.588. The zero-order chi connectivity index (χ0) is 16.2. The molecule has 23 heavy (non-hydrogen) atoms. The Balaban J connectivity index is 1.62. The molecule has 1 aromatic carbocycles. The maximum Gasteiger partial charge on any atom is 0.241 e. The lowest BCUT2D eigenvalue weighted by Crippen LogP contribution is -2.45. The Bertz CT molecular complexity index is 564. The molecular formula is C17H25N3O3. The van der Waals surface area contributed by atoms with E-state index in [0.29, 0.717) is 19.1 Å². The maximum atomic E-state index is 12.7. The summed E-state index contributed by atoms with van der Waals surface area (Å²) in [6.07, 6.45) is 3.06. The van der Waals surface area contributed by atoms with Gasteiger partial charge < -0.3 is 14.4 Å². The van der Waals surface area contributed by atoms with Gasteiger partial charge in [-0.15, -0.1) is 0 Å². The van der Waals surface area contributed by atoms with Crippen LogP contribution in [0.2, 0.25) is 0 Å². The van der Waals surface area contributed by atoms with Crippen molar-refractivity contribution in [3.05, 3.63) is 23.8 Å². The van der Waals surface area contributed by atoms with Crippen LogP contribution in [0, 0.1) is 0 Å². The van der Waals surface area contributed by atoms with Crippen molar-refractivity contribution >= 4 is 5.91 Å². The van der Waals surface area contributed by atoms with E-state index in [4.69, 9.17) is 9.47 Å². The fourth-order valence-electron chi connectivity index (χ4n) is 3.15. The minimum absolute atomic E-state index is 0.138. The van der Waals surface area contributed by atoms with Crippen molar-refractivity contribution in [2.45, 2.75) is 51.7 Å². The van der Waals surface area contributed by atoms with Gasteiger partial charge in [-0.05, 0) is 37.5 Å². The third-order valence-electron chi connectivity index (χ3n) is 4.42. The van der Waals surface area contributed by atoms with Crippen molar-refractivity contribution in [3.8, 4) is 11.5 Å². The van der Waals surface area contributed by atoms with Gasteiger partial charge in [0.25, 0.3) is 0 Å². The Hall–Kier alpha value is -1.79. The number of hydrazine groups is 1. The van der Waals surface area contributed by atoms with E-state index in [1.54, 1.807) is 0 Å². The number of fused-ring (bicyclic) bond motifs is 1. The van der Waals surface area contributed by atoms with E-state index in [2.05, 4.69) is 17.8 Å². The molecule has 6 heteroatoms. The highest BCUT2D eigenvalue weighted by Crippen LogP contribution is 2.32. The molecular weight excluding hydrogens is 294 g/mol. The number of carbonyl (C=O) groups excluding carboxylic acids is 1. The van der Waals surface area contributed by atoms with Gasteiger partial charge in [0.1, 0.15) is 6.04 Å². The van der Waals surface area contributed by atoms with Crippen LogP contribution >= 0.6 is 0 Å². The van der Waals surface area contributed by atoms with Crippen LogP contribution < -0.4 is 20.3 Å². The quantitative estimate of drug-likeness (QED) is 0.837. The number of rotatable bonds is 6. The van der Waals surface area contributed by atoms with Crippen LogP contribution in [0.1, 0.15) is 38.7 Å². The Morgan fingerprint density at radius 1 is 1.26 bits per heavy atom. The number of carbonyl (C=O) groups is 1. The number of nitrogens with zero attached hydrogens (tertiary/aromatic N) is 1. The smallest absolute Gasteiger partial charge is 0.241 e. The molecule has 2 N–H and O–H groups in total. The second kappa shape index (κ2) is 7.19. The number of hydrogen-bond acceptors (Lipinski definition) is 5. The second-order valence-electron chi connectivity index (χ2n) is 6.10. The van der Waals surface area contributed by atoms with Gasteiger partial charge in [0.05, 0.1) is 0 Å². The van der Waals surface area contributed by atoms with Crippen molar-refractivity contribution in [2.24, 2.45) is 0 Å². The normalized spacial score (nSPS) is 22.3. The summed E-state index contributed by atoms with van der Waals surface area (Å²) in [5.74, 6) is 1.68. The molecule has 1 aromatic rings. The van der Waals surface area contributed by atoms with Crippen LogP contribution in [-0.4, -0.2) is 36.2 Å². The molecule has 0 radical (unpaired) electrons. The molecule has 1 saturated heterocycles. The molecule has 6 nitrogen and oxygen atoms in total. The van der Waals surface area contributed by atoms with Crippen LogP contribution in [0.5, 0.6) is 11.5 Å². The summed E-state index contributed by atoms with van der Waals surface area (Å²) in [6.45, 7) is 5.71. The van der Waals surface area contributed by atoms with Crippen LogP contribution in [0.15, 0.2) is 18.2 Å². The van der Waals surface area contributed by atoms with E-state index in [1.165, 1.54) is 0 Å². The van der Waals surface area contributed by atoms with E-state index in [9.17, 15) is 4.79 Å². The number of amides is 1. The van der Waals surface area contributed by atoms with Gasteiger partial charge in [0.15, 0.2) is 11.5 Å². The van der Waals surface area contributed by atoms with Gasteiger partial charge >= 0.3 is 0 Å². The molecule has 1 fully saturated rings. The van der Waals surface area contributed by atoms with Gasteiger partial charge in [-0.25, -0.2) is 5.43 Å². The summed E-state index contributed by atoms with van der Waals surface area (Å²) in [5.41, 5.74) is 7.43. The minimum Gasteiger partial charge on any atom is -0.454 e. The van der Waals surface area contributed by atoms with Gasteiger partial charge in [0, 0.05) is 19.1 Å². The van der Waals surface area contributed by atoms with Crippen molar-refractivity contribution in [1.29, 1.82) is 0 Å². The molecule has 0 aliphatic carbocycles. The summed E-state index contributed by atoms with van der Waals surface area (Å²) < 4.78 is 10.7. The number of ether oxygens (including phenoxy) is 2. The lowest BCUT2D eigenvalue weighted by atomic mass is 10.0. The van der Waals surface area contributed by atoms with Crippen LogP contribution in [0.25, 0.3) is 0 Å². The van der Waals surface area contributed by atoms with E-state index in [1.807, 2.05) is 30.0 Å². The first-order valence-electron chi connectivity index (χ1n) is 8.39. The lowest BCUT2D eigenvalue weighted by Gasteiger charge is -2.24. The molecule has 1 amide bonds. The predicted molar refractivity (Wildman–Crippen MR) is 87.0 cm³/mol. The topological polar surface area (TPSA) is 62.8 Å². The second-order valence-corrected chi connectivity index (χ2v) is 6.10. The third kappa shape index (κ3) is 3.59. The SMILES string of the molecule is CCCC1CC(C(=O)N(CC)Cc2ccc3c(c2)OCO3)NN1. The molecule has 0 spiro atoms. The van der Waals surface area contributed by atoms with E-state index >= 15 is 0 Å². The summed E-state index contributed by atoms with van der Waals surface area (Å²) in [4.78, 5) is 14.6. The van der Waals surface area contributed by atoms with Crippen molar-refractivity contribution in [2.75, 3.05) is 13.3 Å². The molecule has 0 saturated carbocycles. The number of nitrogens with one attached hydrogen (secondary N) is 2. The Morgan fingerprint density at radius 2 is 2.09 bits per heavy atom. The summed E-state index contributed by atoms with van der Waals surface area (Å²) in [7, 11) is 0. The first kappa shape index (κ1) is 16.1.